The Kier molecular flexibility index (Phi) is 9.38. The molecule has 4 rings (SSSR count). The van der Waals surface area contributed by atoms with Crippen LogP contribution in [0.25, 0.3) is 0 Å². The summed E-state index contributed by atoms with van der Waals surface area (Å²) in [5.74, 6) is -3.53. The Morgan fingerprint density at radius 2 is 1.89 bits per heavy atom. The normalized spacial score (nSPS) is 15.7. The first-order valence-electron chi connectivity index (χ1n) is 12.2. The van der Waals surface area contributed by atoms with Gasteiger partial charge in [0, 0.05) is 36.0 Å². The molecule has 0 spiro atoms. The van der Waals surface area contributed by atoms with Crippen molar-refractivity contribution in [3.8, 4) is 0 Å². The number of pyridine rings is 1. The number of aromatic nitrogens is 1. The lowest BCUT2D eigenvalue weighted by atomic mass is 9.81. The predicted octanol–water partition coefficient (Wildman–Crippen LogP) is 4.36. The third kappa shape index (κ3) is 6.92. The molecule has 1 aromatic heterocycles. The van der Waals surface area contributed by atoms with Crippen LogP contribution in [0.15, 0.2) is 65.8 Å². The largest absolute Gasteiger partial charge is 0.481 e. The van der Waals surface area contributed by atoms with E-state index in [2.05, 4.69) is 15.6 Å². The van der Waals surface area contributed by atoms with Crippen molar-refractivity contribution < 1.29 is 24.6 Å². The maximum absolute atomic E-state index is 12.5. The molecule has 0 bridgehead atoms. The van der Waals surface area contributed by atoms with Crippen molar-refractivity contribution in [2.45, 2.75) is 36.1 Å². The Labute approximate surface area is 229 Å². The molecule has 0 radical (unpaired) electrons. The van der Waals surface area contributed by atoms with E-state index in [0.717, 1.165) is 27.3 Å². The molecule has 0 saturated heterocycles. The fourth-order valence-corrected chi connectivity index (χ4v) is 5.87. The number of carboxylic acids is 2. The zero-order valence-electron chi connectivity index (χ0n) is 20.5. The van der Waals surface area contributed by atoms with Crippen LogP contribution in [0, 0.1) is 5.92 Å². The number of hydrogen-bond donors (Lipinski definition) is 4. The van der Waals surface area contributed by atoms with Gasteiger partial charge in [0.15, 0.2) is 0 Å². The number of carboxylic acid groups (broad SMARTS) is 2. The van der Waals surface area contributed by atoms with E-state index < -0.39 is 30.2 Å². The number of nitrogens with zero attached hydrogens (tertiary/aromatic N) is 1. The number of aliphatic carboxylic acids is 2. The lowest BCUT2D eigenvalue weighted by molar-refractivity contribution is -0.149. The summed E-state index contributed by atoms with van der Waals surface area (Å²) < 4.78 is 0. The number of carbonyl (C=O) groups is 3. The highest BCUT2D eigenvalue weighted by molar-refractivity contribution is 7.98. The smallest absolute Gasteiger partial charge is 0.307 e. The number of benzene rings is 2. The molecular weight excluding hydrogens is 526 g/mol. The van der Waals surface area contributed by atoms with Crippen LogP contribution in [-0.2, 0) is 28.3 Å². The van der Waals surface area contributed by atoms with Crippen LogP contribution in [-0.4, -0.2) is 46.1 Å². The van der Waals surface area contributed by atoms with E-state index in [1.165, 1.54) is 11.8 Å². The first-order chi connectivity index (χ1) is 18.3. The third-order valence-electron chi connectivity index (χ3n) is 6.58. The van der Waals surface area contributed by atoms with Gasteiger partial charge in [-0.25, -0.2) is 4.98 Å². The Hall–Kier alpha value is -3.40. The van der Waals surface area contributed by atoms with Gasteiger partial charge in [-0.05, 0) is 53.4 Å². The summed E-state index contributed by atoms with van der Waals surface area (Å²) in [6.07, 6.45) is 1.73. The van der Waals surface area contributed by atoms with Gasteiger partial charge in [-0.1, -0.05) is 48.0 Å². The number of thioether (sulfide) groups is 1. The summed E-state index contributed by atoms with van der Waals surface area (Å²) in [5, 5.41) is 26.5. The topological polar surface area (TPSA) is 129 Å². The van der Waals surface area contributed by atoms with Gasteiger partial charge in [0.25, 0.3) is 5.91 Å². The lowest BCUT2D eigenvalue weighted by Gasteiger charge is -2.25. The molecule has 38 heavy (non-hydrogen) atoms. The van der Waals surface area contributed by atoms with Crippen LogP contribution >= 0.6 is 23.4 Å². The Morgan fingerprint density at radius 3 is 2.58 bits per heavy atom. The quantitative estimate of drug-likeness (QED) is 0.273. The molecule has 4 N–H and O–H groups in total. The number of fused-ring (bicyclic) bond motifs is 1. The molecule has 198 valence electrons. The second-order valence-electron chi connectivity index (χ2n) is 9.04. The molecule has 2 atom stereocenters. The van der Waals surface area contributed by atoms with Gasteiger partial charge in [-0.2, -0.15) is 0 Å². The van der Waals surface area contributed by atoms with Crippen molar-refractivity contribution in [2.75, 3.05) is 13.1 Å². The SMILES string of the molecule is O=C(O)CC(C(=O)O)C1CNCCc2c1ccc(Cl)c2CSc1ccc(C(=O)NCc2ccccc2)cn1. The summed E-state index contributed by atoms with van der Waals surface area (Å²) in [4.78, 5) is 40.2. The number of hydrogen-bond acceptors (Lipinski definition) is 6. The molecule has 2 unspecified atom stereocenters. The molecule has 3 aromatic rings. The summed E-state index contributed by atoms with van der Waals surface area (Å²) in [6.45, 7) is 1.44. The molecule has 1 aliphatic heterocycles. The van der Waals surface area contributed by atoms with E-state index in [1.54, 1.807) is 24.4 Å². The average Bonchev–Trinajstić information content (AvgIpc) is 3.13. The van der Waals surface area contributed by atoms with Crippen LogP contribution in [0.5, 0.6) is 0 Å². The highest BCUT2D eigenvalue weighted by Crippen LogP contribution is 2.37. The van der Waals surface area contributed by atoms with Crippen LogP contribution in [0.1, 0.15) is 45.0 Å². The van der Waals surface area contributed by atoms with Gasteiger partial charge in [0.2, 0.25) is 0 Å². The third-order valence-corrected chi connectivity index (χ3v) is 7.91. The van der Waals surface area contributed by atoms with Gasteiger partial charge < -0.3 is 20.8 Å². The van der Waals surface area contributed by atoms with Crippen molar-refractivity contribution in [3.05, 3.63) is 93.6 Å². The van der Waals surface area contributed by atoms with E-state index in [-0.39, 0.29) is 5.91 Å². The molecular formula is C28H28ClN3O5S. The average molecular weight is 554 g/mol. The summed E-state index contributed by atoms with van der Waals surface area (Å²) in [7, 11) is 0. The molecule has 0 fully saturated rings. The predicted molar refractivity (Wildman–Crippen MR) is 146 cm³/mol. The van der Waals surface area contributed by atoms with E-state index in [1.807, 2.05) is 36.4 Å². The van der Waals surface area contributed by atoms with Crippen molar-refractivity contribution >= 4 is 41.2 Å². The van der Waals surface area contributed by atoms with Crippen molar-refractivity contribution in [3.63, 3.8) is 0 Å². The Morgan fingerprint density at radius 1 is 1.11 bits per heavy atom. The number of amides is 1. The summed E-state index contributed by atoms with van der Waals surface area (Å²) >= 11 is 8.06. The zero-order valence-corrected chi connectivity index (χ0v) is 22.1. The van der Waals surface area contributed by atoms with Crippen molar-refractivity contribution in [1.29, 1.82) is 0 Å². The van der Waals surface area contributed by atoms with Gasteiger partial charge in [0.05, 0.1) is 22.9 Å². The molecule has 0 aliphatic carbocycles. The van der Waals surface area contributed by atoms with E-state index >= 15 is 0 Å². The second kappa shape index (κ2) is 12.9. The van der Waals surface area contributed by atoms with Crippen LogP contribution in [0.4, 0.5) is 0 Å². The van der Waals surface area contributed by atoms with Gasteiger partial charge in [0.1, 0.15) is 0 Å². The van der Waals surface area contributed by atoms with E-state index in [4.69, 9.17) is 11.6 Å². The first-order valence-corrected chi connectivity index (χ1v) is 13.6. The fraction of sp³-hybridized carbons (Fsp3) is 0.286. The molecule has 2 aromatic carbocycles. The molecule has 0 saturated carbocycles. The maximum atomic E-state index is 12.5. The zero-order chi connectivity index (χ0) is 27.1. The lowest BCUT2D eigenvalue weighted by Crippen LogP contribution is -2.31. The molecule has 1 aliphatic rings. The van der Waals surface area contributed by atoms with Crippen LogP contribution < -0.4 is 10.6 Å². The van der Waals surface area contributed by atoms with Gasteiger partial charge in [-0.15, -0.1) is 11.8 Å². The molecule has 2 heterocycles. The fourth-order valence-electron chi connectivity index (χ4n) is 4.64. The monoisotopic (exact) mass is 553 g/mol. The first kappa shape index (κ1) is 27.6. The van der Waals surface area contributed by atoms with Gasteiger partial charge >= 0.3 is 11.9 Å². The van der Waals surface area contributed by atoms with Crippen LogP contribution in [0.3, 0.4) is 0 Å². The minimum atomic E-state index is -1.14. The van der Waals surface area contributed by atoms with E-state index in [9.17, 15) is 24.6 Å². The maximum Gasteiger partial charge on any atom is 0.307 e. The number of rotatable bonds is 10. The number of nitrogens with one attached hydrogen (secondary N) is 2. The Bertz CT molecular complexity index is 1300. The minimum absolute atomic E-state index is 0.206. The second-order valence-corrected chi connectivity index (χ2v) is 10.4. The highest BCUT2D eigenvalue weighted by Gasteiger charge is 2.34. The van der Waals surface area contributed by atoms with E-state index in [0.29, 0.717) is 42.4 Å². The number of halogens is 1. The van der Waals surface area contributed by atoms with Crippen molar-refractivity contribution in [1.82, 2.24) is 15.6 Å². The molecule has 10 heteroatoms. The van der Waals surface area contributed by atoms with Crippen LogP contribution in [0.2, 0.25) is 5.02 Å². The number of carbonyl (C=O) groups excluding carboxylic acids is 1. The van der Waals surface area contributed by atoms with Crippen molar-refractivity contribution in [2.24, 2.45) is 5.92 Å². The van der Waals surface area contributed by atoms with Gasteiger partial charge in [-0.3, -0.25) is 14.4 Å². The summed E-state index contributed by atoms with van der Waals surface area (Å²) in [6, 6.07) is 16.7. The molecule has 8 nitrogen and oxygen atoms in total. The highest BCUT2D eigenvalue weighted by atomic mass is 35.5. The minimum Gasteiger partial charge on any atom is -0.481 e. The summed E-state index contributed by atoms with van der Waals surface area (Å²) in [5.41, 5.74) is 4.13. The standard InChI is InChI=1S/C28H28ClN3O5S/c29-24-8-7-19-20(10-11-30-15-22(19)21(28(36)37)12-26(33)34)23(24)16-38-25-9-6-18(14-31-25)27(35)32-13-17-4-2-1-3-5-17/h1-9,14,21-22,30H,10-13,15-16H2,(H,32,35)(H,33,34)(H,36,37). The Balaban J connectivity index is 1.47. The molecule has 1 amide bonds.